The summed E-state index contributed by atoms with van der Waals surface area (Å²) in [6, 6.07) is 4.16. The van der Waals surface area contributed by atoms with Crippen LogP contribution in [0, 0.1) is 11.8 Å². The summed E-state index contributed by atoms with van der Waals surface area (Å²) in [6.45, 7) is 3.13. The van der Waals surface area contributed by atoms with E-state index >= 15 is 0 Å². The summed E-state index contributed by atoms with van der Waals surface area (Å²) in [5.41, 5.74) is 0. The molecular weight excluding hydrogens is 276 g/mol. The Morgan fingerprint density at radius 1 is 1.14 bits per heavy atom. The molecule has 2 aliphatic carbocycles. The zero-order valence-corrected chi connectivity index (χ0v) is 13.2. The van der Waals surface area contributed by atoms with Crippen molar-refractivity contribution in [2.45, 2.75) is 57.5 Å². The van der Waals surface area contributed by atoms with Crippen molar-refractivity contribution in [2.24, 2.45) is 11.8 Å². The molecule has 4 nitrogen and oxygen atoms in total. The molecule has 1 saturated heterocycles. The SMILES string of the molecule is O=C(N[C@@H]1CC[C@H]2CCC[C@H]21)c1ccc(CN2CCCC2)o1. The molecule has 1 aromatic heterocycles. The summed E-state index contributed by atoms with van der Waals surface area (Å²) in [4.78, 5) is 14.8. The Labute approximate surface area is 132 Å². The molecule has 1 N–H and O–H groups in total. The van der Waals surface area contributed by atoms with Gasteiger partial charge in [-0.1, -0.05) is 12.8 Å². The number of likely N-dealkylation sites (tertiary alicyclic amines) is 1. The van der Waals surface area contributed by atoms with Crippen molar-refractivity contribution in [1.82, 2.24) is 10.2 Å². The van der Waals surface area contributed by atoms with E-state index in [1.165, 1.54) is 38.5 Å². The number of rotatable bonds is 4. The minimum atomic E-state index is -0.0229. The molecule has 3 aliphatic rings. The van der Waals surface area contributed by atoms with Crippen molar-refractivity contribution in [3.8, 4) is 0 Å². The smallest absolute Gasteiger partial charge is 0.287 e. The van der Waals surface area contributed by atoms with Crippen molar-refractivity contribution in [3.63, 3.8) is 0 Å². The number of hydrogen-bond acceptors (Lipinski definition) is 3. The fourth-order valence-corrected chi connectivity index (χ4v) is 4.73. The molecule has 120 valence electrons. The van der Waals surface area contributed by atoms with E-state index in [9.17, 15) is 4.79 Å². The Hall–Kier alpha value is -1.29. The van der Waals surface area contributed by atoms with Crippen molar-refractivity contribution >= 4 is 5.91 Å². The normalized spacial score (nSPS) is 31.5. The number of amides is 1. The third kappa shape index (κ3) is 2.81. The Balaban J connectivity index is 1.35. The van der Waals surface area contributed by atoms with E-state index in [1.807, 2.05) is 12.1 Å². The van der Waals surface area contributed by atoms with Gasteiger partial charge in [-0.2, -0.15) is 0 Å². The molecule has 0 bridgehead atoms. The lowest BCUT2D eigenvalue weighted by molar-refractivity contribution is 0.0894. The zero-order chi connectivity index (χ0) is 14.9. The minimum absolute atomic E-state index is 0.0229. The van der Waals surface area contributed by atoms with Gasteiger partial charge in [-0.15, -0.1) is 0 Å². The molecule has 1 aliphatic heterocycles. The van der Waals surface area contributed by atoms with Gasteiger partial charge in [-0.05, 0) is 69.2 Å². The summed E-state index contributed by atoms with van der Waals surface area (Å²) >= 11 is 0. The Kier molecular flexibility index (Phi) is 3.95. The number of carbonyl (C=O) groups excluding carboxylic acids is 1. The molecule has 3 fully saturated rings. The Morgan fingerprint density at radius 2 is 2.00 bits per heavy atom. The van der Waals surface area contributed by atoms with E-state index < -0.39 is 0 Å². The van der Waals surface area contributed by atoms with Gasteiger partial charge in [0.2, 0.25) is 0 Å². The predicted octanol–water partition coefficient (Wildman–Crippen LogP) is 3.18. The van der Waals surface area contributed by atoms with Gasteiger partial charge in [-0.25, -0.2) is 0 Å². The van der Waals surface area contributed by atoms with Gasteiger partial charge in [0.1, 0.15) is 5.76 Å². The van der Waals surface area contributed by atoms with Crippen LogP contribution < -0.4 is 5.32 Å². The number of furan rings is 1. The second-order valence-corrected chi connectivity index (χ2v) is 7.26. The average Bonchev–Trinajstić information content (AvgIpc) is 3.24. The first-order chi connectivity index (χ1) is 10.8. The van der Waals surface area contributed by atoms with Crippen LogP contribution in [-0.4, -0.2) is 29.9 Å². The number of hydrogen-bond donors (Lipinski definition) is 1. The molecule has 2 saturated carbocycles. The lowest BCUT2D eigenvalue weighted by Gasteiger charge is -2.19. The monoisotopic (exact) mass is 302 g/mol. The van der Waals surface area contributed by atoms with Crippen LogP contribution in [0.25, 0.3) is 0 Å². The average molecular weight is 302 g/mol. The van der Waals surface area contributed by atoms with Gasteiger partial charge < -0.3 is 9.73 Å². The second kappa shape index (κ2) is 6.07. The van der Waals surface area contributed by atoms with E-state index in [4.69, 9.17) is 4.42 Å². The molecule has 0 aromatic carbocycles. The summed E-state index contributed by atoms with van der Waals surface area (Å²) < 4.78 is 5.78. The van der Waals surface area contributed by atoms with Crippen molar-refractivity contribution in [1.29, 1.82) is 0 Å². The molecule has 1 amide bonds. The third-order valence-electron chi connectivity index (χ3n) is 5.86. The molecule has 2 heterocycles. The fourth-order valence-electron chi connectivity index (χ4n) is 4.73. The molecule has 1 aromatic rings. The van der Waals surface area contributed by atoms with Crippen LogP contribution in [-0.2, 0) is 6.54 Å². The first-order valence-corrected chi connectivity index (χ1v) is 8.91. The maximum atomic E-state index is 12.4. The number of fused-ring (bicyclic) bond motifs is 1. The molecule has 4 heteroatoms. The van der Waals surface area contributed by atoms with Crippen LogP contribution in [0.5, 0.6) is 0 Å². The zero-order valence-electron chi connectivity index (χ0n) is 13.2. The first-order valence-electron chi connectivity index (χ1n) is 8.91. The largest absolute Gasteiger partial charge is 0.455 e. The van der Waals surface area contributed by atoms with Gasteiger partial charge in [0.15, 0.2) is 5.76 Å². The number of nitrogens with zero attached hydrogens (tertiary/aromatic N) is 1. The standard InChI is InChI=1S/C18H26N2O2/c21-18(19-16-8-6-13-4-3-5-15(13)16)17-9-7-14(22-17)12-20-10-1-2-11-20/h7,9,13,15-16H,1-6,8,10-12H2,(H,19,21)/t13-,15-,16-/m1/s1. The van der Waals surface area contributed by atoms with E-state index in [1.54, 1.807) is 0 Å². The summed E-state index contributed by atoms with van der Waals surface area (Å²) in [6.07, 6.45) is 8.96. The van der Waals surface area contributed by atoms with Crippen LogP contribution in [0.3, 0.4) is 0 Å². The highest BCUT2D eigenvalue weighted by Gasteiger charge is 2.39. The third-order valence-corrected chi connectivity index (χ3v) is 5.86. The van der Waals surface area contributed by atoms with E-state index in [0.29, 0.717) is 17.7 Å². The van der Waals surface area contributed by atoms with Crippen LogP contribution >= 0.6 is 0 Å². The van der Waals surface area contributed by atoms with Crippen LogP contribution in [0.15, 0.2) is 16.5 Å². The van der Waals surface area contributed by atoms with Gasteiger partial charge >= 0.3 is 0 Å². The highest BCUT2D eigenvalue weighted by molar-refractivity contribution is 5.91. The lowest BCUT2D eigenvalue weighted by Crippen LogP contribution is -2.37. The molecule has 3 atom stereocenters. The maximum absolute atomic E-state index is 12.4. The second-order valence-electron chi connectivity index (χ2n) is 7.26. The Bertz CT molecular complexity index is 533. The molecule has 22 heavy (non-hydrogen) atoms. The van der Waals surface area contributed by atoms with Crippen LogP contribution in [0.4, 0.5) is 0 Å². The van der Waals surface area contributed by atoms with Gasteiger partial charge in [0.05, 0.1) is 6.54 Å². The molecule has 0 spiro atoms. The minimum Gasteiger partial charge on any atom is -0.455 e. The van der Waals surface area contributed by atoms with Gasteiger partial charge in [0.25, 0.3) is 5.91 Å². The van der Waals surface area contributed by atoms with Crippen molar-refractivity contribution in [2.75, 3.05) is 13.1 Å². The predicted molar refractivity (Wildman–Crippen MR) is 84.5 cm³/mol. The van der Waals surface area contributed by atoms with E-state index in [2.05, 4.69) is 10.2 Å². The van der Waals surface area contributed by atoms with Crippen molar-refractivity contribution < 1.29 is 9.21 Å². The highest BCUT2D eigenvalue weighted by atomic mass is 16.4. The molecule has 0 unspecified atom stereocenters. The summed E-state index contributed by atoms with van der Waals surface area (Å²) in [5, 5.41) is 3.23. The molecular formula is C18H26N2O2. The van der Waals surface area contributed by atoms with Crippen LogP contribution in [0.1, 0.15) is 61.3 Å². The summed E-state index contributed by atoms with van der Waals surface area (Å²) in [7, 11) is 0. The Morgan fingerprint density at radius 3 is 2.86 bits per heavy atom. The molecule has 4 rings (SSSR count). The van der Waals surface area contributed by atoms with Gasteiger partial charge in [-0.3, -0.25) is 9.69 Å². The maximum Gasteiger partial charge on any atom is 0.287 e. The topological polar surface area (TPSA) is 45.5 Å². The van der Waals surface area contributed by atoms with Crippen molar-refractivity contribution in [3.05, 3.63) is 23.7 Å². The lowest BCUT2D eigenvalue weighted by atomic mass is 9.97. The van der Waals surface area contributed by atoms with Gasteiger partial charge in [0, 0.05) is 6.04 Å². The molecule has 0 radical (unpaired) electrons. The van der Waals surface area contributed by atoms with E-state index in [-0.39, 0.29) is 5.91 Å². The number of carbonyl (C=O) groups is 1. The first kappa shape index (κ1) is 14.3. The highest BCUT2D eigenvalue weighted by Crippen LogP contribution is 2.44. The summed E-state index contributed by atoms with van der Waals surface area (Å²) in [5.74, 6) is 2.94. The quantitative estimate of drug-likeness (QED) is 0.929. The fraction of sp³-hybridized carbons (Fsp3) is 0.722. The number of nitrogens with one attached hydrogen (secondary N) is 1. The van der Waals surface area contributed by atoms with E-state index in [0.717, 1.165) is 37.7 Å². The van der Waals surface area contributed by atoms with Crippen LogP contribution in [0.2, 0.25) is 0 Å².